The molecule has 0 bridgehead atoms. The maximum absolute atomic E-state index is 9.92. The van der Waals surface area contributed by atoms with Crippen molar-refractivity contribution in [2.75, 3.05) is 19.8 Å². The minimum atomic E-state index is -0.0956. The smallest absolute Gasteiger partial charge is 0.121 e. The van der Waals surface area contributed by atoms with Gasteiger partial charge < -0.3 is 14.7 Å². The topological polar surface area (TPSA) is 57.6 Å². The van der Waals surface area contributed by atoms with Crippen molar-refractivity contribution in [1.82, 2.24) is 4.90 Å². The molecule has 0 aliphatic rings. The lowest BCUT2D eigenvalue weighted by atomic mass is 10.4. The van der Waals surface area contributed by atoms with Crippen LogP contribution in [-0.4, -0.2) is 42.4 Å². The van der Waals surface area contributed by atoms with Crippen LogP contribution in [0, 0.1) is 0 Å². The van der Waals surface area contributed by atoms with Crippen molar-refractivity contribution in [1.29, 1.82) is 0 Å². The molecule has 0 atom stereocenters. The molecule has 0 spiro atoms. The lowest BCUT2D eigenvalue weighted by Crippen LogP contribution is -2.27. The van der Waals surface area contributed by atoms with E-state index in [1.165, 1.54) is 0 Å². The number of aliphatic hydroxyl groups excluding tert-OH is 1. The number of carbonyl (C=O) groups excluding carboxylic acids is 2. The fourth-order valence-electron chi connectivity index (χ4n) is 0.724. The predicted molar refractivity (Wildman–Crippen MR) is 40.0 cm³/mol. The van der Waals surface area contributed by atoms with E-state index in [-0.39, 0.29) is 6.73 Å². The van der Waals surface area contributed by atoms with Gasteiger partial charge in [-0.05, 0) is 0 Å². The Hall–Kier alpha value is -0.740. The monoisotopic (exact) mass is 159 g/mol. The third kappa shape index (κ3) is 5.69. The second-order valence-corrected chi connectivity index (χ2v) is 2.17. The summed E-state index contributed by atoms with van der Waals surface area (Å²) >= 11 is 0. The molecule has 0 radical (unpaired) electrons. The highest BCUT2D eigenvalue weighted by atomic mass is 16.3. The van der Waals surface area contributed by atoms with Crippen LogP contribution in [0.3, 0.4) is 0 Å². The fourth-order valence-corrected chi connectivity index (χ4v) is 0.724. The van der Waals surface area contributed by atoms with Crippen molar-refractivity contribution < 1.29 is 14.7 Å². The van der Waals surface area contributed by atoms with Crippen LogP contribution in [-0.2, 0) is 9.59 Å². The molecule has 4 heteroatoms. The van der Waals surface area contributed by atoms with E-state index in [9.17, 15) is 9.59 Å². The summed E-state index contributed by atoms with van der Waals surface area (Å²) in [5.74, 6) is 0. The molecule has 0 unspecified atom stereocenters. The van der Waals surface area contributed by atoms with Crippen LogP contribution in [0.4, 0.5) is 0 Å². The maximum Gasteiger partial charge on any atom is 0.121 e. The van der Waals surface area contributed by atoms with E-state index in [1.54, 1.807) is 4.90 Å². The number of aldehydes is 2. The summed E-state index contributed by atoms with van der Waals surface area (Å²) in [5, 5.41) is 8.67. The number of aliphatic hydroxyl groups is 1. The van der Waals surface area contributed by atoms with Crippen LogP contribution in [0.25, 0.3) is 0 Å². The van der Waals surface area contributed by atoms with Gasteiger partial charge in [-0.3, -0.25) is 4.90 Å². The first-order valence-electron chi connectivity index (χ1n) is 3.55. The van der Waals surface area contributed by atoms with Crippen molar-refractivity contribution >= 4 is 12.6 Å². The Balaban J connectivity index is 3.39. The van der Waals surface area contributed by atoms with Crippen LogP contribution >= 0.6 is 0 Å². The van der Waals surface area contributed by atoms with Gasteiger partial charge in [-0.15, -0.1) is 0 Å². The van der Waals surface area contributed by atoms with Crippen LogP contribution in [0.15, 0.2) is 0 Å². The minimum Gasteiger partial charge on any atom is -0.381 e. The molecule has 0 aromatic rings. The molecule has 0 amide bonds. The molecule has 0 rings (SSSR count). The van der Waals surface area contributed by atoms with Gasteiger partial charge in [-0.25, -0.2) is 0 Å². The zero-order chi connectivity index (χ0) is 8.53. The third-order valence-electron chi connectivity index (χ3n) is 1.33. The molecule has 11 heavy (non-hydrogen) atoms. The highest BCUT2D eigenvalue weighted by Gasteiger charge is 2.00. The molecule has 4 nitrogen and oxygen atoms in total. The Bertz CT molecular complexity index is 104. The van der Waals surface area contributed by atoms with Gasteiger partial charge in [0.25, 0.3) is 0 Å². The van der Waals surface area contributed by atoms with Gasteiger partial charge in [0.1, 0.15) is 12.6 Å². The summed E-state index contributed by atoms with van der Waals surface area (Å²) in [7, 11) is 0. The molecular formula is C7H13NO3. The largest absolute Gasteiger partial charge is 0.381 e. The van der Waals surface area contributed by atoms with E-state index < -0.39 is 0 Å². The summed E-state index contributed by atoms with van der Waals surface area (Å²) in [6.07, 6.45) is 2.39. The SMILES string of the molecule is O=CCCN(CO)CCC=O. The van der Waals surface area contributed by atoms with Gasteiger partial charge in [-0.2, -0.15) is 0 Å². The summed E-state index contributed by atoms with van der Waals surface area (Å²) in [4.78, 5) is 21.5. The van der Waals surface area contributed by atoms with E-state index >= 15 is 0 Å². The number of nitrogens with zero attached hydrogens (tertiary/aromatic N) is 1. The minimum absolute atomic E-state index is 0.0956. The van der Waals surface area contributed by atoms with Crippen LogP contribution in [0.5, 0.6) is 0 Å². The lowest BCUT2D eigenvalue weighted by Gasteiger charge is -2.15. The number of hydrogen-bond donors (Lipinski definition) is 1. The number of carbonyl (C=O) groups is 2. The first kappa shape index (κ1) is 10.3. The lowest BCUT2D eigenvalue weighted by molar-refractivity contribution is -0.108. The highest BCUT2D eigenvalue weighted by Crippen LogP contribution is 1.89. The van der Waals surface area contributed by atoms with Gasteiger partial charge in [-0.1, -0.05) is 0 Å². The van der Waals surface area contributed by atoms with Crippen molar-refractivity contribution in [2.45, 2.75) is 12.8 Å². The Morgan fingerprint density at radius 1 is 1.09 bits per heavy atom. The number of rotatable bonds is 7. The van der Waals surface area contributed by atoms with Crippen LogP contribution in [0.1, 0.15) is 12.8 Å². The van der Waals surface area contributed by atoms with Gasteiger partial charge in [0.2, 0.25) is 0 Å². The Morgan fingerprint density at radius 2 is 1.55 bits per heavy atom. The molecule has 1 N–H and O–H groups in total. The van der Waals surface area contributed by atoms with E-state index in [0.717, 1.165) is 12.6 Å². The zero-order valence-corrected chi connectivity index (χ0v) is 6.40. The molecule has 0 aromatic carbocycles. The van der Waals surface area contributed by atoms with Gasteiger partial charge >= 0.3 is 0 Å². The van der Waals surface area contributed by atoms with Crippen molar-refractivity contribution in [3.8, 4) is 0 Å². The van der Waals surface area contributed by atoms with E-state index in [2.05, 4.69) is 0 Å². The molecular weight excluding hydrogens is 146 g/mol. The summed E-state index contributed by atoms with van der Waals surface area (Å²) in [6, 6.07) is 0. The number of hydrogen-bond acceptors (Lipinski definition) is 4. The molecule has 0 saturated heterocycles. The molecule has 0 aliphatic carbocycles. The normalized spacial score (nSPS) is 10.0. The van der Waals surface area contributed by atoms with Gasteiger partial charge in [0, 0.05) is 25.9 Å². The molecule has 0 aromatic heterocycles. The Morgan fingerprint density at radius 3 is 1.82 bits per heavy atom. The standard InChI is InChI=1S/C7H13NO3/c9-5-1-3-8(7-11)4-2-6-10/h5-6,11H,1-4,7H2. The molecule has 64 valence electrons. The van der Waals surface area contributed by atoms with E-state index in [4.69, 9.17) is 5.11 Å². The predicted octanol–water partition coefficient (Wildman–Crippen LogP) is -0.584. The molecule has 0 aliphatic heterocycles. The zero-order valence-electron chi connectivity index (χ0n) is 6.40. The average molecular weight is 159 g/mol. The Labute approximate surface area is 65.8 Å². The van der Waals surface area contributed by atoms with Crippen LogP contribution in [0.2, 0.25) is 0 Å². The van der Waals surface area contributed by atoms with Gasteiger partial charge in [0.15, 0.2) is 0 Å². The van der Waals surface area contributed by atoms with Crippen LogP contribution < -0.4 is 0 Å². The third-order valence-corrected chi connectivity index (χ3v) is 1.33. The quantitative estimate of drug-likeness (QED) is 0.398. The maximum atomic E-state index is 9.92. The van der Waals surface area contributed by atoms with Crippen molar-refractivity contribution in [3.63, 3.8) is 0 Å². The first-order chi connectivity index (χ1) is 5.35. The summed E-state index contributed by atoms with van der Waals surface area (Å²) in [5.41, 5.74) is 0. The molecule has 0 fully saturated rings. The second-order valence-electron chi connectivity index (χ2n) is 2.17. The molecule has 0 saturated carbocycles. The van der Waals surface area contributed by atoms with Crippen molar-refractivity contribution in [3.05, 3.63) is 0 Å². The molecule has 0 heterocycles. The Kier molecular flexibility index (Phi) is 6.87. The summed E-state index contributed by atoms with van der Waals surface area (Å²) < 4.78 is 0. The highest BCUT2D eigenvalue weighted by molar-refractivity contribution is 5.50. The summed E-state index contributed by atoms with van der Waals surface area (Å²) in [6.45, 7) is 0.948. The van der Waals surface area contributed by atoms with Crippen molar-refractivity contribution in [2.24, 2.45) is 0 Å². The first-order valence-corrected chi connectivity index (χ1v) is 3.55. The van der Waals surface area contributed by atoms with Gasteiger partial charge in [0.05, 0.1) is 6.73 Å². The van der Waals surface area contributed by atoms with E-state index in [1.807, 2.05) is 0 Å². The average Bonchev–Trinajstić information content (AvgIpc) is 2.05. The fraction of sp³-hybridized carbons (Fsp3) is 0.714. The second kappa shape index (κ2) is 7.37. The van der Waals surface area contributed by atoms with E-state index in [0.29, 0.717) is 25.9 Å².